The van der Waals surface area contributed by atoms with Crippen LogP contribution in [0.3, 0.4) is 0 Å². The Morgan fingerprint density at radius 1 is 1.60 bits per heavy atom. The Hall–Kier alpha value is 0.390. The van der Waals surface area contributed by atoms with Crippen molar-refractivity contribution in [3.63, 3.8) is 0 Å². The van der Waals surface area contributed by atoms with Crippen molar-refractivity contribution in [2.75, 3.05) is 19.0 Å². The molecule has 1 fully saturated rings. The van der Waals surface area contributed by atoms with Crippen molar-refractivity contribution in [1.82, 2.24) is 5.32 Å². The van der Waals surface area contributed by atoms with Crippen molar-refractivity contribution in [3.05, 3.63) is 0 Å². The fraction of sp³-hybridized carbons (Fsp3) is 1.00. The van der Waals surface area contributed by atoms with Gasteiger partial charge in [0.25, 0.3) is 0 Å². The number of nitrogens with one attached hydrogen (secondary N) is 1. The molecule has 1 nitrogen and oxygen atoms in total. The molecule has 0 amide bonds. The average molecular weight is 89.1 g/mol. The molecule has 5 heavy (non-hydrogen) atoms. The normalized spacial score (nSPS) is 28.8. The van der Waals surface area contributed by atoms with Gasteiger partial charge in [-0.05, 0) is 12.7 Å². The van der Waals surface area contributed by atoms with Gasteiger partial charge in [-0.1, -0.05) is 0 Å². The first-order chi connectivity index (χ1) is 2.50. The van der Waals surface area contributed by atoms with Crippen molar-refractivity contribution in [2.24, 2.45) is 0 Å². The van der Waals surface area contributed by atoms with E-state index in [1.54, 1.807) is 0 Å². The molecule has 2 heteroatoms. The fourth-order valence-electron chi connectivity index (χ4n) is 0.442. The summed E-state index contributed by atoms with van der Waals surface area (Å²) in [6.07, 6.45) is 2.69. The van der Waals surface area contributed by atoms with Crippen LogP contribution in [-0.2, 0) is 0 Å². The third-order valence-electron chi connectivity index (χ3n) is 0.729. The lowest BCUT2D eigenvalue weighted by molar-refractivity contribution is 0.885. The average Bonchev–Trinajstić information content (AvgIpc) is 1.76. The Kier molecular flexibility index (Phi) is 1.24. The number of hydrogen-bond acceptors (Lipinski definition) is 1. The lowest BCUT2D eigenvalue weighted by Crippen LogP contribution is -2.04. The molecule has 0 saturated carbocycles. The largest absolute Gasteiger partial charge is 0.313 e. The summed E-state index contributed by atoms with van der Waals surface area (Å²) in [4.78, 5) is 0. The molecule has 1 aliphatic heterocycles. The Balaban J connectivity index is 2.08. The Morgan fingerprint density at radius 3 is 2.80 bits per heavy atom. The molecule has 1 N–H and O–H groups in total. The maximum atomic E-state index is 3.23. The van der Waals surface area contributed by atoms with Crippen LogP contribution in [-0.4, -0.2) is 19.0 Å². The van der Waals surface area contributed by atoms with Crippen molar-refractivity contribution in [2.45, 2.75) is 0 Å². The van der Waals surface area contributed by atoms with E-state index in [1.165, 1.54) is 27.6 Å². The first-order valence-electron chi connectivity index (χ1n) is 1.91. The molecule has 1 atom stereocenters. The molecule has 0 radical (unpaired) electrons. The summed E-state index contributed by atoms with van der Waals surface area (Å²) >= 11 is 0. The van der Waals surface area contributed by atoms with Gasteiger partial charge in [-0.25, -0.2) is 0 Å². The third-order valence-corrected chi connectivity index (χ3v) is 1.83. The molecule has 0 bridgehead atoms. The van der Waals surface area contributed by atoms with E-state index in [-0.39, 0.29) is 0 Å². The molecule has 0 aromatic rings. The Bertz CT molecular complexity index is 18.5. The van der Waals surface area contributed by atoms with Crippen LogP contribution in [0.15, 0.2) is 0 Å². The highest BCUT2D eigenvalue weighted by Gasteiger charge is 1.92. The lowest BCUT2D eigenvalue weighted by atomic mass is 10.8. The molecule has 30 valence electrons. The summed E-state index contributed by atoms with van der Waals surface area (Å²) in [5.41, 5.74) is 0. The first-order valence-corrected chi connectivity index (χ1v) is 3.33. The Labute approximate surface area is 33.9 Å². The molecule has 0 aromatic carbocycles. The van der Waals surface area contributed by atoms with Crippen LogP contribution in [0.5, 0.6) is 0 Å². The maximum Gasteiger partial charge on any atom is 0.0127 e. The van der Waals surface area contributed by atoms with Crippen molar-refractivity contribution < 1.29 is 0 Å². The lowest BCUT2D eigenvalue weighted by Gasteiger charge is -1.75. The molecule has 0 spiro atoms. The summed E-state index contributed by atoms with van der Waals surface area (Å²) in [6.45, 7) is 1.26. The van der Waals surface area contributed by atoms with Gasteiger partial charge in [-0.15, -0.1) is 8.58 Å². The monoisotopic (exact) mass is 89.0 g/mol. The van der Waals surface area contributed by atoms with Crippen molar-refractivity contribution in [1.29, 1.82) is 0 Å². The molecule has 0 aliphatic carbocycles. The van der Waals surface area contributed by atoms with E-state index in [4.69, 9.17) is 0 Å². The minimum atomic E-state index is 1.20. The van der Waals surface area contributed by atoms with Crippen LogP contribution in [0.2, 0.25) is 0 Å². The van der Waals surface area contributed by atoms with E-state index < -0.39 is 0 Å². The second-order valence-electron chi connectivity index (χ2n) is 1.18. The summed E-state index contributed by atoms with van der Waals surface area (Å²) < 4.78 is 0. The number of hydrogen-bond donors (Lipinski definition) is 1. The summed E-state index contributed by atoms with van der Waals surface area (Å²) in [6, 6.07) is 0. The van der Waals surface area contributed by atoms with Crippen molar-refractivity contribution >= 4 is 8.58 Å². The fourth-order valence-corrected chi connectivity index (χ4v) is 1.33. The highest BCUT2D eigenvalue weighted by atomic mass is 31.1. The van der Waals surface area contributed by atoms with Gasteiger partial charge in [0.2, 0.25) is 0 Å². The summed E-state index contributed by atoms with van der Waals surface area (Å²) in [5.74, 6) is 0. The van der Waals surface area contributed by atoms with E-state index >= 15 is 0 Å². The van der Waals surface area contributed by atoms with Gasteiger partial charge in [-0.2, -0.15) is 0 Å². The molecule has 1 heterocycles. The molecular formula is C3H8NP. The predicted octanol–water partition coefficient (Wildman–Crippen LogP) is 0.226. The SMILES string of the molecule is C1CPCN1. The van der Waals surface area contributed by atoms with Gasteiger partial charge in [0.05, 0.1) is 0 Å². The first kappa shape index (κ1) is 3.58. The highest BCUT2D eigenvalue weighted by molar-refractivity contribution is 7.38. The quantitative estimate of drug-likeness (QED) is 0.419. The maximum absolute atomic E-state index is 3.23. The van der Waals surface area contributed by atoms with Gasteiger partial charge in [0, 0.05) is 6.29 Å². The van der Waals surface area contributed by atoms with Crippen LogP contribution in [0.4, 0.5) is 0 Å². The molecule has 1 unspecified atom stereocenters. The van der Waals surface area contributed by atoms with E-state index in [0.29, 0.717) is 0 Å². The van der Waals surface area contributed by atoms with Gasteiger partial charge < -0.3 is 5.32 Å². The molecule has 1 rings (SSSR count). The zero-order valence-electron chi connectivity index (χ0n) is 3.12. The van der Waals surface area contributed by atoms with E-state index in [1.807, 2.05) is 0 Å². The minimum absolute atomic E-state index is 1.20. The second kappa shape index (κ2) is 1.74. The van der Waals surface area contributed by atoms with E-state index in [2.05, 4.69) is 5.32 Å². The van der Waals surface area contributed by atoms with Gasteiger partial charge in [0.1, 0.15) is 0 Å². The third kappa shape index (κ3) is 0.863. The van der Waals surface area contributed by atoms with Crippen LogP contribution in [0, 0.1) is 0 Å². The smallest absolute Gasteiger partial charge is 0.0127 e. The molecular weight excluding hydrogens is 81.0 g/mol. The second-order valence-corrected chi connectivity index (χ2v) is 2.53. The van der Waals surface area contributed by atoms with E-state index in [0.717, 1.165) is 0 Å². The van der Waals surface area contributed by atoms with Crippen LogP contribution in [0.1, 0.15) is 0 Å². The molecule has 1 saturated heterocycles. The standard InChI is InChI=1S/C3H8NP/c1-2-5-3-4-1/h4-5H,1-3H2. The topological polar surface area (TPSA) is 12.0 Å². The summed E-state index contributed by atoms with van der Waals surface area (Å²) in [7, 11) is 1.20. The van der Waals surface area contributed by atoms with Crippen LogP contribution in [0.25, 0.3) is 0 Å². The van der Waals surface area contributed by atoms with Gasteiger partial charge in [-0.3, -0.25) is 0 Å². The van der Waals surface area contributed by atoms with Crippen molar-refractivity contribution in [3.8, 4) is 0 Å². The Morgan fingerprint density at radius 2 is 2.60 bits per heavy atom. The predicted molar refractivity (Wildman–Crippen MR) is 26.1 cm³/mol. The van der Waals surface area contributed by atoms with Crippen LogP contribution < -0.4 is 5.32 Å². The zero-order valence-corrected chi connectivity index (χ0v) is 4.12. The summed E-state index contributed by atoms with van der Waals surface area (Å²) in [5, 5.41) is 3.23. The highest BCUT2D eigenvalue weighted by Crippen LogP contribution is 2.09. The van der Waals surface area contributed by atoms with E-state index in [9.17, 15) is 0 Å². The molecule has 1 aliphatic rings. The number of rotatable bonds is 0. The van der Waals surface area contributed by atoms with Gasteiger partial charge in [0.15, 0.2) is 0 Å². The zero-order chi connectivity index (χ0) is 3.54. The van der Waals surface area contributed by atoms with Crippen LogP contribution >= 0.6 is 8.58 Å². The minimum Gasteiger partial charge on any atom is -0.313 e. The van der Waals surface area contributed by atoms with Gasteiger partial charge >= 0.3 is 0 Å². The molecule has 0 aromatic heterocycles.